The summed E-state index contributed by atoms with van der Waals surface area (Å²) in [4.78, 5) is 23.8. The van der Waals surface area contributed by atoms with Crippen molar-refractivity contribution in [2.24, 2.45) is 5.92 Å². The summed E-state index contributed by atoms with van der Waals surface area (Å²) in [5, 5.41) is 0. The molecule has 0 atom stereocenters. The Bertz CT molecular complexity index is 640. The van der Waals surface area contributed by atoms with E-state index >= 15 is 0 Å². The van der Waals surface area contributed by atoms with Crippen LogP contribution >= 0.6 is 0 Å². The van der Waals surface area contributed by atoms with Crippen molar-refractivity contribution < 1.29 is 14.3 Å². The summed E-state index contributed by atoms with van der Waals surface area (Å²) in [7, 11) is 0. The average molecular weight is 310 g/mol. The van der Waals surface area contributed by atoms with Gasteiger partial charge in [-0.25, -0.2) is 4.79 Å². The van der Waals surface area contributed by atoms with Crippen LogP contribution in [0.1, 0.15) is 54.9 Å². The summed E-state index contributed by atoms with van der Waals surface area (Å²) in [6.07, 6.45) is 8.79. The fourth-order valence-corrected chi connectivity index (χ4v) is 2.68. The van der Waals surface area contributed by atoms with Gasteiger partial charge in [0.25, 0.3) is 0 Å². The van der Waals surface area contributed by atoms with Crippen LogP contribution in [0.4, 0.5) is 0 Å². The summed E-state index contributed by atoms with van der Waals surface area (Å²) < 4.78 is 4.85. The molecule has 0 bridgehead atoms. The van der Waals surface area contributed by atoms with Crippen molar-refractivity contribution in [1.29, 1.82) is 0 Å². The summed E-state index contributed by atoms with van der Waals surface area (Å²) in [6, 6.07) is 7.17. The minimum Gasteiger partial charge on any atom is -0.463 e. The van der Waals surface area contributed by atoms with Crippen molar-refractivity contribution in [3.63, 3.8) is 0 Å². The molecular formula is C20H22O3. The second-order valence-corrected chi connectivity index (χ2v) is 5.61. The summed E-state index contributed by atoms with van der Waals surface area (Å²) >= 11 is 0. The minimum atomic E-state index is -0.414. The van der Waals surface area contributed by atoms with E-state index in [9.17, 15) is 9.59 Å². The number of esters is 1. The lowest BCUT2D eigenvalue weighted by atomic mass is 9.89. The number of carbonyl (C=O) groups excluding carboxylic acids is 2. The Morgan fingerprint density at radius 1 is 1.22 bits per heavy atom. The highest BCUT2D eigenvalue weighted by Gasteiger charge is 2.11. The number of hydrogen-bond donors (Lipinski definition) is 0. The van der Waals surface area contributed by atoms with Gasteiger partial charge in [-0.1, -0.05) is 43.4 Å². The zero-order valence-corrected chi connectivity index (χ0v) is 13.5. The van der Waals surface area contributed by atoms with Gasteiger partial charge >= 0.3 is 5.97 Å². The summed E-state index contributed by atoms with van der Waals surface area (Å²) in [5.41, 5.74) is 1.21. The number of ether oxygens (including phenoxy) is 1. The van der Waals surface area contributed by atoms with Crippen molar-refractivity contribution in [1.82, 2.24) is 0 Å². The first-order valence-electron chi connectivity index (χ1n) is 8.20. The topological polar surface area (TPSA) is 43.4 Å². The molecule has 2 rings (SSSR count). The van der Waals surface area contributed by atoms with Gasteiger partial charge in [-0.15, -0.1) is 0 Å². The second-order valence-electron chi connectivity index (χ2n) is 5.61. The van der Waals surface area contributed by atoms with E-state index in [0.717, 1.165) is 12.8 Å². The van der Waals surface area contributed by atoms with E-state index in [0.29, 0.717) is 23.7 Å². The maximum Gasteiger partial charge on any atom is 0.330 e. The number of rotatable bonds is 4. The first-order valence-corrected chi connectivity index (χ1v) is 8.20. The molecule has 0 heterocycles. The number of carbonyl (C=O) groups is 2. The predicted molar refractivity (Wildman–Crippen MR) is 90.8 cm³/mol. The van der Waals surface area contributed by atoms with Crippen LogP contribution in [-0.4, -0.2) is 18.4 Å². The molecule has 0 saturated heterocycles. The first kappa shape index (κ1) is 17.0. The van der Waals surface area contributed by atoms with E-state index in [1.807, 2.05) is 6.07 Å². The molecule has 0 spiro atoms. The molecule has 0 aliphatic heterocycles. The number of hydrogen-bond acceptors (Lipinski definition) is 3. The highest BCUT2D eigenvalue weighted by molar-refractivity contribution is 6.11. The first-order chi connectivity index (χ1) is 11.2. The zero-order valence-electron chi connectivity index (χ0n) is 13.5. The van der Waals surface area contributed by atoms with Crippen LogP contribution in [0.2, 0.25) is 0 Å². The number of benzene rings is 1. The molecule has 0 N–H and O–H groups in total. The van der Waals surface area contributed by atoms with E-state index in [4.69, 9.17) is 4.74 Å². The largest absolute Gasteiger partial charge is 0.463 e. The van der Waals surface area contributed by atoms with Crippen LogP contribution < -0.4 is 0 Å². The lowest BCUT2D eigenvalue weighted by Gasteiger charge is -2.15. The van der Waals surface area contributed by atoms with Crippen molar-refractivity contribution in [2.75, 3.05) is 6.61 Å². The molecule has 1 aromatic carbocycles. The van der Waals surface area contributed by atoms with Gasteiger partial charge in [0, 0.05) is 17.6 Å². The normalized spacial score (nSPS) is 15.0. The molecular weight excluding hydrogens is 288 g/mol. The van der Waals surface area contributed by atoms with Crippen LogP contribution in [0.25, 0.3) is 6.08 Å². The van der Waals surface area contributed by atoms with Gasteiger partial charge < -0.3 is 4.74 Å². The zero-order chi connectivity index (χ0) is 16.5. The Balaban J connectivity index is 2.11. The van der Waals surface area contributed by atoms with Crippen molar-refractivity contribution in [3.8, 4) is 11.8 Å². The monoisotopic (exact) mass is 310 g/mol. The Morgan fingerprint density at radius 2 is 1.96 bits per heavy atom. The smallest absolute Gasteiger partial charge is 0.330 e. The molecule has 0 aromatic heterocycles. The minimum absolute atomic E-state index is 0.195. The molecule has 0 radical (unpaired) electrons. The number of ketones is 1. The van der Waals surface area contributed by atoms with Gasteiger partial charge in [-0.05, 0) is 43.4 Å². The molecule has 23 heavy (non-hydrogen) atoms. The van der Waals surface area contributed by atoms with Gasteiger partial charge in [0.2, 0.25) is 5.78 Å². The van der Waals surface area contributed by atoms with Crippen LogP contribution in [0, 0.1) is 17.8 Å². The lowest BCUT2D eigenvalue weighted by molar-refractivity contribution is -0.137. The van der Waals surface area contributed by atoms with E-state index in [2.05, 4.69) is 11.8 Å². The fraction of sp³-hybridized carbons (Fsp3) is 0.400. The van der Waals surface area contributed by atoms with Crippen LogP contribution in [0.15, 0.2) is 30.3 Å². The quantitative estimate of drug-likeness (QED) is 0.277. The van der Waals surface area contributed by atoms with Crippen molar-refractivity contribution in [3.05, 3.63) is 41.5 Å². The maximum atomic E-state index is 12.4. The van der Waals surface area contributed by atoms with E-state index in [1.54, 1.807) is 31.2 Å². The Kier molecular flexibility index (Phi) is 6.62. The third kappa shape index (κ3) is 5.41. The van der Waals surface area contributed by atoms with Gasteiger partial charge in [-0.3, -0.25) is 4.79 Å². The van der Waals surface area contributed by atoms with Gasteiger partial charge in [0.1, 0.15) is 0 Å². The third-order valence-corrected chi connectivity index (χ3v) is 3.89. The molecule has 1 fully saturated rings. The maximum absolute atomic E-state index is 12.4. The van der Waals surface area contributed by atoms with Crippen molar-refractivity contribution in [2.45, 2.75) is 39.0 Å². The fourth-order valence-electron chi connectivity index (χ4n) is 2.68. The molecule has 0 unspecified atom stereocenters. The predicted octanol–water partition coefficient (Wildman–Crippen LogP) is 4.03. The molecule has 1 aliphatic carbocycles. The molecule has 3 heteroatoms. The molecule has 1 aliphatic rings. The molecule has 0 amide bonds. The molecule has 3 nitrogen and oxygen atoms in total. The summed E-state index contributed by atoms with van der Waals surface area (Å²) in [6.45, 7) is 2.08. The third-order valence-electron chi connectivity index (χ3n) is 3.89. The standard InChI is InChI=1S/C20H22O3/c1-2-23-20(22)15-13-17-10-6-7-11-18(17)19(21)14-12-16-8-4-3-5-9-16/h6-7,10-11,13,15-16H,2-5,8-9H2,1H3/b15-13+. The Labute approximate surface area is 137 Å². The Hall–Kier alpha value is -2.34. The van der Waals surface area contributed by atoms with Crippen LogP contribution in [0.5, 0.6) is 0 Å². The summed E-state index contributed by atoms with van der Waals surface area (Å²) in [5.74, 6) is 5.63. The number of Topliss-reactive ketones (excluding diaryl/α,β-unsaturated/α-hetero) is 1. The second kappa shape index (κ2) is 8.95. The van der Waals surface area contributed by atoms with E-state index in [1.165, 1.54) is 25.3 Å². The van der Waals surface area contributed by atoms with E-state index in [-0.39, 0.29) is 5.78 Å². The SMILES string of the molecule is CCOC(=O)/C=C/c1ccccc1C(=O)C#CC1CCCCC1. The van der Waals surface area contributed by atoms with Gasteiger partial charge in [0.15, 0.2) is 0 Å². The van der Waals surface area contributed by atoms with E-state index < -0.39 is 5.97 Å². The van der Waals surface area contributed by atoms with Crippen molar-refractivity contribution >= 4 is 17.8 Å². The molecule has 120 valence electrons. The molecule has 1 aromatic rings. The van der Waals surface area contributed by atoms with Crippen LogP contribution in [0.3, 0.4) is 0 Å². The lowest BCUT2D eigenvalue weighted by Crippen LogP contribution is -2.05. The van der Waals surface area contributed by atoms with Crippen LogP contribution in [-0.2, 0) is 9.53 Å². The Morgan fingerprint density at radius 3 is 2.70 bits per heavy atom. The van der Waals surface area contributed by atoms with Gasteiger partial charge in [-0.2, -0.15) is 0 Å². The highest BCUT2D eigenvalue weighted by Crippen LogP contribution is 2.22. The van der Waals surface area contributed by atoms with Gasteiger partial charge in [0.05, 0.1) is 6.61 Å². The average Bonchev–Trinajstić information content (AvgIpc) is 2.59. The molecule has 1 saturated carbocycles. The highest BCUT2D eigenvalue weighted by atomic mass is 16.5.